The number of benzene rings is 1. The molecule has 1 atom stereocenters. The van der Waals surface area contributed by atoms with Crippen molar-refractivity contribution in [3.05, 3.63) is 65.9 Å². The smallest absolute Gasteiger partial charge is 0.273 e. The molecule has 0 unspecified atom stereocenters. The fraction of sp³-hybridized carbons (Fsp3) is 0.429. The van der Waals surface area contributed by atoms with E-state index < -0.39 is 0 Å². The first-order valence-corrected chi connectivity index (χ1v) is 13.5. The van der Waals surface area contributed by atoms with Crippen molar-refractivity contribution in [2.75, 3.05) is 31.6 Å². The average Bonchev–Trinajstić information content (AvgIpc) is 3.51. The van der Waals surface area contributed by atoms with E-state index in [2.05, 4.69) is 54.1 Å². The molecule has 1 fully saturated rings. The van der Waals surface area contributed by atoms with Gasteiger partial charge in [0.2, 0.25) is 5.95 Å². The molecule has 0 aliphatic carbocycles. The molecule has 1 amide bonds. The van der Waals surface area contributed by atoms with Crippen LogP contribution in [0.15, 0.2) is 49.1 Å². The Balaban J connectivity index is 1.27. The summed E-state index contributed by atoms with van der Waals surface area (Å²) in [5.74, 6) is 0.272. The number of aryl methyl sites for hydroxylation is 1. The van der Waals surface area contributed by atoms with Gasteiger partial charge in [-0.3, -0.25) is 14.4 Å². The highest BCUT2D eigenvalue weighted by Crippen LogP contribution is 2.30. The Morgan fingerprint density at radius 3 is 2.70 bits per heavy atom. The van der Waals surface area contributed by atoms with Crippen LogP contribution in [0.4, 0.5) is 11.6 Å². The van der Waals surface area contributed by atoms with Crippen molar-refractivity contribution < 1.29 is 9.53 Å². The van der Waals surface area contributed by atoms with Crippen LogP contribution in [-0.4, -0.2) is 77.9 Å². The van der Waals surface area contributed by atoms with E-state index in [1.54, 1.807) is 28.0 Å². The second-order valence-electron chi connectivity index (χ2n) is 11.4. The highest BCUT2D eigenvalue weighted by molar-refractivity contribution is 5.92. The molecule has 2 aliphatic heterocycles. The third-order valence-electron chi connectivity index (χ3n) is 7.37. The summed E-state index contributed by atoms with van der Waals surface area (Å²) < 4.78 is 8.92. The molecule has 2 N–H and O–H groups in total. The van der Waals surface area contributed by atoms with Gasteiger partial charge in [-0.15, -0.1) is 5.10 Å². The lowest BCUT2D eigenvalue weighted by molar-refractivity contribution is -0.0658. The number of fused-ring (bicyclic) bond motifs is 1. The van der Waals surface area contributed by atoms with Crippen LogP contribution in [0.2, 0.25) is 0 Å². The van der Waals surface area contributed by atoms with Crippen molar-refractivity contribution in [2.45, 2.75) is 44.8 Å². The van der Waals surface area contributed by atoms with Gasteiger partial charge in [0, 0.05) is 38.1 Å². The van der Waals surface area contributed by atoms with Gasteiger partial charge in [-0.05, 0) is 50.5 Å². The predicted octanol–water partition coefficient (Wildman–Crippen LogP) is 2.70. The van der Waals surface area contributed by atoms with Crippen LogP contribution < -0.4 is 10.6 Å². The molecule has 2 aliphatic rings. The first-order chi connectivity index (χ1) is 19.2. The number of aromatic nitrogens is 7. The molecule has 12 heteroatoms. The predicted molar refractivity (Wildman–Crippen MR) is 149 cm³/mol. The summed E-state index contributed by atoms with van der Waals surface area (Å²) in [4.78, 5) is 24.8. The topological polar surface area (TPSA) is 128 Å². The molecule has 0 radical (unpaired) electrons. The van der Waals surface area contributed by atoms with Gasteiger partial charge in [-0.25, -0.2) is 14.6 Å². The maximum atomic E-state index is 13.3. The summed E-state index contributed by atoms with van der Waals surface area (Å²) in [5, 5.41) is 19.0. The van der Waals surface area contributed by atoms with E-state index in [-0.39, 0.29) is 17.5 Å². The summed E-state index contributed by atoms with van der Waals surface area (Å²) in [6.45, 7) is 9.09. The number of hydrogen-bond acceptors (Lipinski definition) is 9. The van der Waals surface area contributed by atoms with Crippen LogP contribution in [0.3, 0.4) is 0 Å². The lowest BCUT2D eigenvalue weighted by Gasteiger charge is -2.38. The van der Waals surface area contributed by atoms with Crippen molar-refractivity contribution in [1.29, 1.82) is 0 Å². The minimum atomic E-state index is -0.258. The summed E-state index contributed by atoms with van der Waals surface area (Å²) in [7, 11) is 1.86. The third-order valence-corrected chi connectivity index (χ3v) is 7.37. The molecule has 5 heterocycles. The van der Waals surface area contributed by atoms with Gasteiger partial charge in [0.25, 0.3) is 5.91 Å². The van der Waals surface area contributed by atoms with Crippen LogP contribution in [-0.2, 0) is 23.7 Å². The zero-order chi connectivity index (χ0) is 27.9. The van der Waals surface area contributed by atoms with Crippen molar-refractivity contribution in [1.82, 2.24) is 45.0 Å². The fourth-order valence-electron chi connectivity index (χ4n) is 5.02. The standard InChI is InChI=1S/C28H34N10O2/c1-28(2,3)38-15-25(34-35-38)26(39)32-24-14-37(21-16-40-17-21)10-8-18-11-19(5-6-22(18)24)23-7-9-29-27(33-23)31-20-12-30-36(4)13-20/h5-7,9,11-13,15,21,24H,8,10,14,16-17H2,1-4H3,(H,32,39)(H,29,31,33)/t24-/m0/s1. The van der Waals surface area contributed by atoms with Crippen LogP contribution >= 0.6 is 0 Å². The van der Waals surface area contributed by atoms with Gasteiger partial charge in [0.1, 0.15) is 0 Å². The lowest BCUT2D eigenvalue weighted by atomic mass is 9.96. The summed E-state index contributed by atoms with van der Waals surface area (Å²) in [6.07, 6.45) is 7.92. The van der Waals surface area contributed by atoms with Crippen LogP contribution in [0.1, 0.15) is 48.4 Å². The molecule has 12 nitrogen and oxygen atoms in total. The molecule has 1 saturated heterocycles. The second-order valence-corrected chi connectivity index (χ2v) is 11.4. The van der Waals surface area contributed by atoms with E-state index >= 15 is 0 Å². The highest BCUT2D eigenvalue weighted by Gasteiger charge is 2.33. The third kappa shape index (κ3) is 5.45. The van der Waals surface area contributed by atoms with E-state index in [9.17, 15) is 4.79 Å². The Labute approximate surface area is 232 Å². The molecule has 0 bridgehead atoms. The number of ether oxygens (including phenoxy) is 1. The molecule has 6 rings (SSSR count). The number of amides is 1. The number of rotatable bonds is 6. The van der Waals surface area contributed by atoms with E-state index in [1.807, 2.05) is 40.1 Å². The molecule has 0 spiro atoms. The molecule has 40 heavy (non-hydrogen) atoms. The summed E-state index contributed by atoms with van der Waals surface area (Å²) in [6, 6.07) is 8.42. The van der Waals surface area contributed by atoms with Gasteiger partial charge in [-0.2, -0.15) is 5.10 Å². The van der Waals surface area contributed by atoms with Crippen LogP contribution in [0.25, 0.3) is 11.3 Å². The van der Waals surface area contributed by atoms with E-state index in [0.717, 1.165) is 48.7 Å². The van der Waals surface area contributed by atoms with Crippen molar-refractivity contribution in [2.24, 2.45) is 7.05 Å². The Hall–Kier alpha value is -4.16. The first kappa shape index (κ1) is 26.1. The number of nitrogens with one attached hydrogen (secondary N) is 2. The van der Waals surface area contributed by atoms with E-state index in [0.29, 0.717) is 24.2 Å². The number of carbonyl (C=O) groups excluding carboxylic acids is 1. The normalized spacial score (nSPS) is 18.1. The molecule has 1 aromatic carbocycles. The monoisotopic (exact) mass is 542 g/mol. The van der Waals surface area contributed by atoms with E-state index in [1.165, 1.54) is 5.56 Å². The number of nitrogens with zero attached hydrogens (tertiary/aromatic N) is 8. The Morgan fingerprint density at radius 1 is 1.15 bits per heavy atom. The van der Waals surface area contributed by atoms with Gasteiger partial charge in [0.05, 0.1) is 54.6 Å². The minimum absolute atomic E-state index is 0.201. The first-order valence-electron chi connectivity index (χ1n) is 13.5. The molecule has 0 saturated carbocycles. The average molecular weight is 543 g/mol. The van der Waals surface area contributed by atoms with Crippen LogP contribution in [0.5, 0.6) is 0 Å². The zero-order valence-electron chi connectivity index (χ0n) is 23.2. The number of anilines is 2. The lowest BCUT2D eigenvalue weighted by Crippen LogP contribution is -2.51. The quantitative estimate of drug-likeness (QED) is 0.378. The molecular formula is C28H34N10O2. The molecule has 208 valence electrons. The largest absolute Gasteiger partial charge is 0.378 e. The Morgan fingerprint density at radius 2 is 2.00 bits per heavy atom. The van der Waals surface area contributed by atoms with Gasteiger partial charge in [-0.1, -0.05) is 17.3 Å². The molecule has 3 aromatic heterocycles. The molecular weight excluding hydrogens is 508 g/mol. The van der Waals surface area contributed by atoms with Crippen molar-refractivity contribution >= 4 is 17.5 Å². The second kappa shape index (κ2) is 10.4. The molecule has 4 aromatic rings. The Kier molecular flexibility index (Phi) is 6.80. The van der Waals surface area contributed by atoms with Crippen molar-refractivity contribution in [3.63, 3.8) is 0 Å². The zero-order valence-corrected chi connectivity index (χ0v) is 23.2. The SMILES string of the molecule is Cn1cc(Nc2nccc(-c3ccc4c(c3)CCN(C3COC3)C[C@@H]4NC(=O)c3cn(C(C)(C)C)nn3)n2)cn1. The Bertz CT molecular complexity index is 1520. The maximum absolute atomic E-state index is 13.3. The van der Waals surface area contributed by atoms with Crippen LogP contribution in [0, 0.1) is 0 Å². The highest BCUT2D eigenvalue weighted by atomic mass is 16.5. The minimum Gasteiger partial charge on any atom is -0.378 e. The van der Waals surface area contributed by atoms with Crippen molar-refractivity contribution in [3.8, 4) is 11.3 Å². The van der Waals surface area contributed by atoms with E-state index in [4.69, 9.17) is 9.72 Å². The van der Waals surface area contributed by atoms with Gasteiger partial charge < -0.3 is 15.4 Å². The van der Waals surface area contributed by atoms with Gasteiger partial charge in [0.15, 0.2) is 5.69 Å². The van der Waals surface area contributed by atoms with Gasteiger partial charge >= 0.3 is 0 Å². The fourth-order valence-corrected chi connectivity index (χ4v) is 5.02. The number of carbonyl (C=O) groups is 1. The summed E-state index contributed by atoms with van der Waals surface area (Å²) in [5.41, 5.74) is 4.97. The number of hydrogen-bond donors (Lipinski definition) is 2. The summed E-state index contributed by atoms with van der Waals surface area (Å²) >= 11 is 0. The maximum Gasteiger partial charge on any atom is 0.273 e.